The standard InChI is InChI=1S/C14H8F5N7/c15-6-1-7(16)3-8(2-6)22-13-25-11(24-12(20)26-13)9-4-21-5-10(23-9)14(17,18)19/h1-5H,(H3,20,22,24,25,26). The summed E-state index contributed by atoms with van der Waals surface area (Å²) in [6.45, 7) is 0. The van der Waals surface area contributed by atoms with Gasteiger partial charge in [-0.1, -0.05) is 0 Å². The van der Waals surface area contributed by atoms with Crippen LogP contribution in [0, 0.1) is 11.6 Å². The maximum absolute atomic E-state index is 13.2. The van der Waals surface area contributed by atoms with Crippen molar-refractivity contribution in [3.63, 3.8) is 0 Å². The van der Waals surface area contributed by atoms with Crippen LogP contribution >= 0.6 is 0 Å². The van der Waals surface area contributed by atoms with Gasteiger partial charge in [0.1, 0.15) is 17.3 Å². The molecule has 0 spiro atoms. The molecular weight excluding hydrogens is 361 g/mol. The van der Waals surface area contributed by atoms with Crippen LogP contribution in [0.4, 0.5) is 39.5 Å². The van der Waals surface area contributed by atoms with Crippen LogP contribution in [0.5, 0.6) is 0 Å². The zero-order valence-electron chi connectivity index (χ0n) is 12.6. The Bertz CT molecular complexity index is 940. The van der Waals surface area contributed by atoms with E-state index in [-0.39, 0.29) is 29.1 Å². The number of nitrogens with two attached hydrogens (primary N) is 1. The van der Waals surface area contributed by atoms with Gasteiger partial charge in [0.05, 0.1) is 12.4 Å². The van der Waals surface area contributed by atoms with E-state index in [1.807, 2.05) is 0 Å². The first kappa shape index (κ1) is 17.4. The van der Waals surface area contributed by atoms with Crippen LogP contribution in [0.2, 0.25) is 0 Å². The van der Waals surface area contributed by atoms with Gasteiger partial charge in [-0.05, 0) is 12.1 Å². The minimum absolute atomic E-state index is 0.0332. The molecule has 0 amide bonds. The van der Waals surface area contributed by atoms with Gasteiger partial charge in [-0.3, -0.25) is 4.98 Å². The van der Waals surface area contributed by atoms with E-state index in [1.165, 1.54) is 0 Å². The molecule has 134 valence electrons. The van der Waals surface area contributed by atoms with Gasteiger partial charge in [0.25, 0.3) is 0 Å². The summed E-state index contributed by atoms with van der Waals surface area (Å²) in [5.74, 6) is -2.57. The second-order valence-corrected chi connectivity index (χ2v) is 4.91. The third-order valence-electron chi connectivity index (χ3n) is 2.93. The van der Waals surface area contributed by atoms with Crippen LogP contribution in [-0.2, 0) is 6.18 Å². The van der Waals surface area contributed by atoms with E-state index in [0.29, 0.717) is 12.3 Å². The third-order valence-corrected chi connectivity index (χ3v) is 2.93. The van der Waals surface area contributed by atoms with Crippen LogP contribution in [0.1, 0.15) is 5.69 Å². The second-order valence-electron chi connectivity index (χ2n) is 4.91. The molecule has 0 fully saturated rings. The molecule has 0 bridgehead atoms. The van der Waals surface area contributed by atoms with Crippen molar-refractivity contribution in [2.75, 3.05) is 11.1 Å². The Morgan fingerprint density at radius 2 is 1.58 bits per heavy atom. The first-order chi connectivity index (χ1) is 12.2. The Morgan fingerprint density at radius 1 is 0.885 bits per heavy atom. The molecule has 2 aromatic heterocycles. The van der Waals surface area contributed by atoms with E-state index in [9.17, 15) is 22.0 Å². The van der Waals surface area contributed by atoms with Crippen LogP contribution in [-0.4, -0.2) is 24.9 Å². The zero-order chi connectivity index (χ0) is 18.9. The monoisotopic (exact) mass is 369 g/mol. The van der Waals surface area contributed by atoms with Crippen molar-refractivity contribution in [3.8, 4) is 11.5 Å². The van der Waals surface area contributed by atoms with Crippen molar-refractivity contribution in [2.24, 2.45) is 0 Å². The number of alkyl halides is 3. The lowest BCUT2D eigenvalue weighted by molar-refractivity contribution is -0.141. The van der Waals surface area contributed by atoms with Crippen LogP contribution in [0.3, 0.4) is 0 Å². The number of hydrogen-bond donors (Lipinski definition) is 2. The van der Waals surface area contributed by atoms with Crippen LogP contribution < -0.4 is 11.1 Å². The largest absolute Gasteiger partial charge is 0.434 e. The molecule has 3 N–H and O–H groups in total. The van der Waals surface area contributed by atoms with Gasteiger partial charge in [0, 0.05) is 11.8 Å². The first-order valence-corrected chi connectivity index (χ1v) is 6.85. The summed E-state index contributed by atoms with van der Waals surface area (Å²) >= 11 is 0. The van der Waals surface area contributed by atoms with Crippen molar-refractivity contribution in [1.29, 1.82) is 0 Å². The molecule has 2 heterocycles. The SMILES string of the molecule is Nc1nc(Nc2cc(F)cc(F)c2)nc(-c2cncc(C(F)(F)F)n2)n1. The summed E-state index contributed by atoms with van der Waals surface area (Å²) in [4.78, 5) is 18.1. The molecule has 12 heteroatoms. The molecule has 0 unspecified atom stereocenters. The number of hydrogen-bond acceptors (Lipinski definition) is 7. The lowest BCUT2D eigenvalue weighted by atomic mass is 10.3. The smallest absolute Gasteiger partial charge is 0.368 e. The number of halogens is 5. The van der Waals surface area contributed by atoms with E-state index in [1.54, 1.807) is 0 Å². The highest BCUT2D eigenvalue weighted by molar-refractivity contribution is 5.58. The van der Waals surface area contributed by atoms with Gasteiger partial charge in [-0.25, -0.2) is 13.8 Å². The minimum atomic E-state index is -4.71. The van der Waals surface area contributed by atoms with Gasteiger partial charge in [0.2, 0.25) is 11.9 Å². The second kappa shape index (κ2) is 6.46. The molecular formula is C14H8F5N7. The molecule has 1 aromatic carbocycles. The topological polar surface area (TPSA) is 102 Å². The number of rotatable bonds is 3. The summed E-state index contributed by atoms with van der Waals surface area (Å²) in [6, 6.07) is 2.59. The Labute approximate surface area is 142 Å². The number of nitrogens with one attached hydrogen (secondary N) is 1. The van der Waals surface area contributed by atoms with Crippen molar-refractivity contribution in [3.05, 3.63) is 47.9 Å². The van der Waals surface area contributed by atoms with Crippen molar-refractivity contribution >= 4 is 17.6 Å². The highest BCUT2D eigenvalue weighted by Gasteiger charge is 2.33. The normalized spacial score (nSPS) is 11.4. The average Bonchev–Trinajstić information content (AvgIpc) is 2.52. The lowest BCUT2D eigenvalue weighted by Gasteiger charge is -2.09. The summed E-state index contributed by atoms with van der Waals surface area (Å²) in [5, 5.41) is 2.49. The van der Waals surface area contributed by atoms with Gasteiger partial charge in [0.15, 0.2) is 11.5 Å². The molecule has 0 aliphatic heterocycles. The summed E-state index contributed by atoms with van der Waals surface area (Å²) < 4.78 is 64.7. The molecule has 0 aliphatic rings. The number of nitrogen functional groups attached to an aromatic ring is 1. The molecule has 0 aliphatic carbocycles. The average molecular weight is 369 g/mol. The number of aromatic nitrogens is 5. The van der Waals surface area contributed by atoms with E-state index in [4.69, 9.17) is 5.73 Å². The van der Waals surface area contributed by atoms with Gasteiger partial charge in [-0.15, -0.1) is 0 Å². The maximum atomic E-state index is 13.2. The van der Waals surface area contributed by atoms with E-state index >= 15 is 0 Å². The molecule has 0 radical (unpaired) electrons. The minimum Gasteiger partial charge on any atom is -0.368 e. The Balaban J connectivity index is 1.98. The Morgan fingerprint density at radius 3 is 2.23 bits per heavy atom. The molecule has 0 atom stereocenters. The summed E-state index contributed by atoms with van der Waals surface area (Å²) in [6.07, 6.45) is -3.15. The summed E-state index contributed by atoms with van der Waals surface area (Å²) in [5.41, 5.74) is 3.94. The van der Waals surface area contributed by atoms with E-state index < -0.39 is 23.5 Å². The molecule has 26 heavy (non-hydrogen) atoms. The number of benzene rings is 1. The van der Waals surface area contributed by atoms with Crippen molar-refractivity contribution in [2.45, 2.75) is 6.18 Å². The molecule has 3 aromatic rings. The van der Waals surface area contributed by atoms with Crippen molar-refractivity contribution < 1.29 is 22.0 Å². The highest BCUT2D eigenvalue weighted by Crippen LogP contribution is 2.28. The van der Waals surface area contributed by atoms with Crippen LogP contribution in [0.15, 0.2) is 30.6 Å². The van der Waals surface area contributed by atoms with E-state index in [0.717, 1.165) is 18.3 Å². The lowest BCUT2D eigenvalue weighted by Crippen LogP contribution is -2.11. The molecule has 3 rings (SSSR count). The van der Waals surface area contributed by atoms with Gasteiger partial charge >= 0.3 is 6.18 Å². The highest BCUT2D eigenvalue weighted by atomic mass is 19.4. The Kier molecular flexibility index (Phi) is 4.32. The predicted octanol–water partition coefficient (Wildman–Crippen LogP) is 2.95. The number of nitrogens with zero attached hydrogens (tertiary/aromatic N) is 5. The third kappa shape index (κ3) is 3.96. The Hall–Kier alpha value is -3.44. The predicted molar refractivity (Wildman–Crippen MR) is 79.9 cm³/mol. The quantitative estimate of drug-likeness (QED) is 0.684. The molecule has 0 saturated heterocycles. The van der Waals surface area contributed by atoms with Gasteiger partial charge < -0.3 is 11.1 Å². The first-order valence-electron chi connectivity index (χ1n) is 6.85. The summed E-state index contributed by atoms with van der Waals surface area (Å²) in [7, 11) is 0. The molecule has 7 nitrogen and oxygen atoms in total. The van der Waals surface area contributed by atoms with E-state index in [2.05, 4.69) is 30.2 Å². The van der Waals surface area contributed by atoms with Crippen LogP contribution in [0.25, 0.3) is 11.5 Å². The molecule has 0 saturated carbocycles. The fraction of sp³-hybridized carbons (Fsp3) is 0.0714. The maximum Gasteiger partial charge on any atom is 0.434 e. The fourth-order valence-corrected chi connectivity index (χ4v) is 1.93. The zero-order valence-corrected chi connectivity index (χ0v) is 12.6. The van der Waals surface area contributed by atoms with Crippen molar-refractivity contribution in [1.82, 2.24) is 24.9 Å². The number of anilines is 3. The fourth-order valence-electron chi connectivity index (χ4n) is 1.93. The van der Waals surface area contributed by atoms with Gasteiger partial charge in [-0.2, -0.15) is 28.1 Å².